The minimum absolute atomic E-state index is 0.0332. The van der Waals surface area contributed by atoms with E-state index in [1.54, 1.807) is 0 Å². The van der Waals surface area contributed by atoms with Crippen LogP contribution in [0, 0.1) is 0 Å². The number of anilines is 1. The molecule has 0 saturated heterocycles. The van der Waals surface area contributed by atoms with Gasteiger partial charge in [0, 0.05) is 13.2 Å². The smallest absolute Gasteiger partial charge is 0.240 e. The highest BCUT2D eigenvalue weighted by Gasteiger charge is 2.14. The summed E-state index contributed by atoms with van der Waals surface area (Å²) < 4.78 is 26.3. The van der Waals surface area contributed by atoms with Crippen LogP contribution < -0.4 is 10.5 Å². The lowest BCUT2D eigenvalue weighted by Gasteiger charge is -2.08. The molecule has 0 atom stereocenters. The lowest BCUT2D eigenvalue weighted by Crippen LogP contribution is -2.24. The molecule has 0 aromatic heterocycles. The molecule has 1 aromatic carbocycles. The molecule has 0 radical (unpaired) electrons. The lowest BCUT2D eigenvalue weighted by molar-refractivity contribution is 0.282. The number of aliphatic hydroxyl groups excluding tert-OH is 1. The number of hydrogen-bond acceptors (Lipinski definition) is 5. The SMILES string of the molecule is Nc1cc(S(=O)(=O)NCCCCCCO)ccc1O. The van der Waals surface area contributed by atoms with Crippen LogP contribution in [0.4, 0.5) is 5.69 Å². The minimum Gasteiger partial charge on any atom is -0.506 e. The zero-order valence-electron chi connectivity index (χ0n) is 10.7. The lowest BCUT2D eigenvalue weighted by atomic mass is 10.2. The molecule has 6 nitrogen and oxygen atoms in total. The second-order valence-corrected chi connectivity index (χ2v) is 6.02. The zero-order valence-corrected chi connectivity index (χ0v) is 11.5. The molecule has 0 aliphatic carbocycles. The van der Waals surface area contributed by atoms with E-state index in [2.05, 4.69) is 4.72 Å². The quantitative estimate of drug-likeness (QED) is 0.321. The molecule has 0 saturated carbocycles. The van der Waals surface area contributed by atoms with Crippen molar-refractivity contribution in [1.82, 2.24) is 4.72 Å². The maximum atomic E-state index is 11.9. The Labute approximate surface area is 113 Å². The van der Waals surface area contributed by atoms with Gasteiger partial charge in [0.1, 0.15) is 5.75 Å². The summed E-state index contributed by atoms with van der Waals surface area (Å²) >= 11 is 0. The normalized spacial score (nSPS) is 11.6. The molecule has 0 aliphatic rings. The van der Waals surface area contributed by atoms with Crippen LogP contribution in [-0.4, -0.2) is 31.8 Å². The first-order valence-electron chi connectivity index (χ1n) is 6.16. The third-order valence-electron chi connectivity index (χ3n) is 2.69. The summed E-state index contributed by atoms with van der Waals surface area (Å²) in [5.41, 5.74) is 5.49. The van der Waals surface area contributed by atoms with Gasteiger partial charge in [0.15, 0.2) is 0 Å². The van der Waals surface area contributed by atoms with Crippen LogP contribution in [0.2, 0.25) is 0 Å². The average Bonchev–Trinajstić information content (AvgIpc) is 2.36. The standard InChI is InChI=1S/C12H20N2O4S/c13-11-9-10(5-6-12(11)16)19(17,18)14-7-3-1-2-4-8-15/h5-6,9,14-16H,1-4,7-8,13H2. The molecular formula is C12H20N2O4S. The average molecular weight is 288 g/mol. The van der Waals surface area contributed by atoms with Gasteiger partial charge in [0.05, 0.1) is 10.6 Å². The van der Waals surface area contributed by atoms with E-state index in [1.807, 2.05) is 0 Å². The van der Waals surface area contributed by atoms with Crippen molar-refractivity contribution in [3.63, 3.8) is 0 Å². The van der Waals surface area contributed by atoms with Crippen molar-refractivity contribution in [2.45, 2.75) is 30.6 Å². The Morgan fingerprint density at radius 3 is 2.47 bits per heavy atom. The summed E-state index contributed by atoms with van der Waals surface area (Å²) in [6, 6.07) is 3.79. The summed E-state index contributed by atoms with van der Waals surface area (Å²) in [4.78, 5) is 0.0400. The molecule has 0 amide bonds. The van der Waals surface area contributed by atoms with Crippen molar-refractivity contribution in [2.75, 3.05) is 18.9 Å². The first kappa shape index (κ1) is 15.7. The number of phenolic OH excluding ortho intramolecular Hbond substituents is 1. The maximum absolute atomic E-state index is 11.9. The van der Waals surface area contributed by atoms with E-state index in [4.69, 9.17) is 10.8 Å². The number of sulfonamides is 1. The number of nitrogen functional groups attached to an aromatic ring is 1. The highest BCUT2D eigenvalue weighted by molar-refractivity contribution is 7.89. The van der Waals surface area contributed by atoms with Crippen LogP contribution >= 0.6 is 0 Å². The van der Waals surface area contributed by atoms with Gasteiger partial charge in [-0.15, -0.1) is 0 Å². The van der Waals surface area contributed by atoms with Gasteiger partial charge in [-0.1, -0.05) is 12.8 Å². The Morgan fingerprint density at radius 1 is 1.16 bits per heavy atom. The molecule has 0 heterocycles. The largest absolute Gasteiger partial charge is 0.506 e. The number of hydrogen-bond donors (Lipinski definition) is 4. The monoisotopic (exact) mass is 288 g/mol. The summed E-state index contributed by atoms with van der Waals surface area (Å²) in [5, 5.41) is 17.9. The molecule has 5 N–H and O–H groups in total. The first-order valence-corrected chi connectivity index (χ1v) is 7.64. The van der Waals surface area contributed by atoms with Gasteiger partial charge < -0.3 is 15.9 Å². The van der Waals surface area contributed by atoms with E-state index in [-0.39, 0.29) is 22.9 Å². The second-order valence-electron chi connectivity index (χ2n) is 4.26. The molecule has 7 heteroatoms. The molecule has 1 rings (SSSR count). The predicted molar refractivity (Wildman–Crippen MR) is 73.3 cm³/mol. The number of nitrogens with one attached hydrogen (secondary N) is 1. The first-order chi connectivity index (χ1) is 8.97. The Kier molecular flexibility index (Phi) is 6.07. The molecule has 19 heavy (non-hydrogen) atoms. The minimum atomic E-state index is -3.58. The number of aliphatic hydroxyl groups is 1. The van der Waals surface area contributed by atoms with E-state index >= 15 is 0 Å². The van der Waals surface area contributed by atoms with Crippen LogP contribution in [0.1, 0.15) is 25.7 Å². The molecule has 0 fully saturated rings. The van der Waals surface area contributed by atoms with Gasteiger partial charge in [0.25, 0.3) is 0 Å². The van der Waals surface area contributed by atoms with Crippen LogP contribution in [0.5, 0.6) is 5.75 Å². The van der Waals surface area contributed by atoms with Crippen molar-refractivity contribution in [1.29, 1.82) is 0 Å². The number of phenols is 1. The van der Waals surface area contributed by atoms with Gasteiger partial charge in [-0.3, -0.25) is 0 Å². The number of unbranched alkanes of at least 4 members (excludes halogenated alkanes) is 3. The van der Waals surface area contributed by atoms with E-state index < -0.39 is 10.0 Å². The topological polar surface area (TPSA) is 113 Å². The van der Waals surface area contributed by atoms with Crippen molar-refractivity contribution in [3.8, 4) is 5.75 Å². The predicted octanol–water partition coefficient (Wildman–Crippen LogP) is 0.805. The summed E-state index contributed by atoms with van der Waals surface area (Å²) in [6.45, 7) is 0.507. The summed E-state index contributed by atoms with van der Waals surface area (Å²) in [6.07, 6.45) is 3.19. The zero-order chi connectivity index (χ0) is 14.3. The van der Waals surface area contributed by atoms with Gasteiger partial charge in [-0.2, -0.15) is 0 Å². The molecule has 108 valence electrons. The van der Waals surface area contributed by atoms with E-state index in [0.29, 0.717) is 13.0 Å². The third kappa shape index (κ3) is 5.06. The van der Waals surface area contributed by atoms with Crippen molar-refractivity contribution < 1.29 is 18.6 Å². The maximum Gasteiger partial charge on any atom is 0.240 e. The third-order valence-corrected chi connectivity index (χ3v) is 4.14. The molecule has 0 aliphatic heterocycles. The van der Waals surface area contributed by atoms with Crippen molar-refractivity contribution >= 4 is 15.7 Å². The molecule has 0 unspecified atom stereocenters. The van der Waals surface area contributed by atoms with Crippen LogP contribution in [-0.2, 0) is 10.0 Å². The highest BCUT2D eigenvalue weighted by atomic mass is 32.2. The van der Waals surface area contributed by atoms with Crippen LogP contribution in [0.15, 0.2) is 23.1 Å². The van der Waals surface area contributed by atoms with Crippen LogP contribution in [0.25, 0.3) is 0 Å². The fourth-order valence-electron chi connectivity index (χ4n) is 1.58. The molecule has 0 spiro atoms. The van der Waals surface area contributed by atoms with Crippen molar-refractivity contribution in [3.05, 3.63) is 18.2 Å². The summed E-state index contributed by atoms with van der Waals surface area (Å²) in [7, 11) is -3.58. The van der Waals surface area contributed by atoms with Gasteiger partial charge in [-0.25, -0.2) is 13.1 Å². The Hall–Kier alpha value is -1.31. The molecular weight excluding hydrogens is 268 g/mol. The molecule has 1 aromatic rings. The highest BCUT2D eigenvalue weighted by Crippen LogP contribution is 2.22. The van der Waals surface area contributed by atoms with E-state index in [9.17, 15) is 13.5 Å². The number of nitrogens with two attached hydrogens (primary N) is 1. The fraction of sp³-hybridized carbons (Fsp3) is 0.500. The van der Waals surface area contributed by atoms with Crippen molar-refractivity contribution in [2.24, 2.45) is 0 Å². The summed E-state index contributed by atoms with van der Waals surface area (Å²) in [5.74, 6) is -0.136. The Balaban J connectivity index is 2.49. The van der Waals surface area contributed by atoms with Crippen LogP contribution in [0.3, 0.4) is 0 Å². The van der Waals surface area contributed by atoms with Gasteiger partial charge >= 0.3 is 0 Å². The van der Waals surface area contributed by atoms with E-state index in [0.717, 1.165) is 19.3 Å². The number of aromatic hydroxyl groups is 1. The Bertz CT molecular complexity index is 502. The second kappa shape index (κ2) is 7.32. The molecule has 0 bridgehead atoms. The number of benzene rings is 1. The number of rotatable bonds is 8. The van der Waals surface area contributed by atoms with Gasteiger partial charge in [0.2, 0.25) is 10.0 Å². The van der Waals surface area contributed by atoms with E-state index in [1.165, 1.54) is 18.2 Å². The Morgan fingerprint density at radius 2 is 1.84 bits per heavy atom. The van der Waals surface area contributed by atoms with Gasteiger partial charge in [-0.05, 0) is 31.0 Å². The fourth-order valence-corrected chi connectivity index (χ4v) is 2.69.